The van der Waals surface area contributed by atoms with Crippen LogP contribution >= 0.6 is 11.3 Å². The predicted molar refractivity (Wildman–Crippen MR) is 96.9 cm³/mol. The third-order valence-electron chi connectivity index (χ3n) is 4.96. The fraction of sp³-hybridized carbons (Fsp3) is 0.444. The number of rotatable bonds is 4. The average molecular weight is 356 g/mol. The fourth-order valence-electron chi connectivity index (χ4n) is 3.13. The maximum atomic E-state index is 12.5. The summed E-state index contributed by atoms with van der Waals surface area (Å²) in [6.45, 7) is 4.44. The standard InChI is InChI=1S/C18H20N4O2S/c1-10-4-3-5-14(11(10)2)22-9-13(8-15(22)23)16(24)19-18-21-20-17(25-18)12-6-7-12/h3-5,12-13H,6-9H2,1-2H3,(H,19,21,24). The van der Waals surface area contributed by atoms with Gasteiger partial charge in [0, 0.05) is 24.6 Å². The van der Waals surface area contributed by atoms with Crippen molar-refractivity contribution in [3.8, 4) is 0 Å². The van der Waals surface area contributed by atoms with Gasteiger partial charge in [-0.05, 0) is 43.9 Å². The number of nitrogens with one attached hydrogen (secondary N) is 1. The van der Waals surface area contributed by atoms with Crippen molar-refractivity contribution in [3.05, 3.63) is 34.3 Å². The fourth-order valence-corrected chi connectivity index (χ4v) is 4.05. The summed E-state index contributed by atoms with van der Waals surface area (Å²) in [6, 6.07) is 5.91. The molecule has 4 rings (SSSR count). The van der Waals surface area contributed by atoms with Crippen LogP contribution in [-0.2, 0) is 9.59 Å². The quantitative estimate of drug-likeness (QED) is 0.914. The number of nitrogens with zero attached hydrogens (tertiary/aromatic N) is 3. The second-order valence-electron chi connectivity index (χ2n) is 6.83. The summed E-state index contributed by atoms with van der Waals surface area (Å²) < 4.78 is 0. The molecule has 25 heavy (non-hydrogen) atoms. The molecule has 130 valence electrons. The summed E-state index contributed by atoms with van der Waals surface area (Å²) in [6.07, 6.45) is 2.54. The van der Waals surface area contributed by atoms with E-state index in [0.717, 1.165) is 34.7 Å². The number of benzene rings is 1. The second kappa shape index (κ2) is 6.22. The molecule has 1 aliphatic carbocycles. The molecule has 1 atom stereocenters. The Hall–Kier alpha value is -2.28. The first-order valence-corrected chi connectivity index (χ1v) is 9.35. The minimum atomic E-state index is -0.360. The second-order valence-corrected chi connectivity index (χ2v) is 7.84. The molecule has 1 saturated carbocycles. The Kier molecular flexibility index (Phi) is 4.03. The van der Waals surface area contributed by atoms with Gasteiger partial charge in [0.15, 0.2) is 0 Å². The summed E-state index contributed by atoms with van der Waals surface area (Å²) >= 11 is 1.44. The molecule has 1 aliphatic heterocycles. The van der Waals surface area contributed by atoms with E-state index in [0.29, 0.717) is 17.6 Å². The van der Waals surface area contributed by atoms with E-state index < -0.39 is 0 Å². The van der Waals surface area contributed by atoms with Crippen molar-refractivity contribution in [1.29, 1.82) is 0 Å². The zero-order chi connectivity index (χ0) is 17.6. The van der Waals surface area contributed by atoms with Crippen LogP contribution in [0.15, 0.2) is 18.2 Å². The minimum Gasteiger partial charge on any atom is -0.311 e. The van der Waals surface area contributed by atoms with Gasteiger partial charge in [-0.25, -0.2) is 0 Å². The van der Waals surface area contributed by atoms with Gasteiger partial charge in [0.05, 0.1) is 5.92 Å². The predicted octanol–water partition coefficient (Wildman–Crippen LogP) is 3.02. The lowest BCUT2D eigenvalue weighted by atomic mass is 10.1. The molecule has 2 amide bonds. The molecule has 7 heteroatoms. The number of hydrogen-bond acceptors (Lipinski definition) is 5. The molecular weight excluding hydrogens is 336 g/mol. The highest BCUT2D eigenvalue weighted by Crippen LogP contribution is 2.42. The van der Waals surface area contributed by atoms with Crippen LogP contribution in [-0.4, -0.2) is 28.6 Å². The van der Waals surface area contributed by atoms with Crippen LogP contribution in [0, 0.1) is 19.8 Å². The molecule has 0 bridgehead atoms. The van der Waals surface area contributed by atoms with Crippen LogP contribution < -0.4 is 10.2 Å². The molecule has 1 aromatic heterocycles. The third kappa shape index (κ3) is 3.16. The first-order chi connectivity index (χ1) is 12.0. The van der Waals surface area contributed by atoms with E-state index in [-0.39, 0.29) is 24.2 Å². The summed E-state index contributed by atoms with van der Waals surface area (Å²) in [7, 11) is 0. The molecule has 1 aromatic carbocycles. The number of aryl methyl sites for hydroxylation is 1. The highest BCUT2D eigenvalue weighted by atomic mass is 32.1. The van der Waals surface area contributed by atoms with Gasteiger partial charge in [0.2, 0.25) is 16.9 Å². The van der Waals surface area contributed by atoms with Gasteiger partial charge >= 0.3 is 0 Å². The van der Waals surface area contributed by atoms with E-state index in [4.69, 9.17) is 0 Å². The number of hydrogen-bond donors (Lipinski definition) is 1. The van der Waals surface area contributed by atoms with Crippen LogP contribution in [0.3, 0.4) is 0 Å². The summed E-state index contributed by atoms with van der Waals surface area (Å²) in [5, 5.41) is 12.5. The third-order valence-corrected chi connectivity index (χ3v) is 5.96. The van der Waals surface area contributed by atoms with E-state index in [1.807, 2.05) is 32.0 Å². The van der Waals surface area contributed by atoms with Crippen molar-refractivity contribution in [3.63, 3.8) is 0 Å². The zero-order valence-corrected chi connectivity index (χ0v) is 15.1. The van der Waals surface area contributed by atoms with E-state index in [1.54, 1.807) is 4.90 Å². The molecule has 2 fully saturated rings. The van der Waals surface area contributed by atoms with Gasteiger partial charge in [-0.15, -0.1) is 10.2 Å². The van der Waals surface area contributed by atoms with Crippen molar-refractivity contribution < 1.29 is 9.59 Å². The average Bonchev–Trinajstić information content (AvgIpc) is 3.21. The smallest absolute Gasteiger partial charge is 0.231 e. The van der Waals surface area contributed by atoms with Crippen LogP contribution in [0.25, 0.3) is 0 Å². The highest BCUT2D eigenvalue weighted by molar-refractivity contribution is 7.15. The van der Waals surface area contributed by atoms with E-state index >= 15 is 0 Å². The molecule has 2 aliphatic rings. The Morgan fingerprint density at radius 1 is 1.28 bits per heavy atom. The van der Waals surface area contributed by atoms with E-state index in [1.165, 1.54) is 11.3 Å². The molecule has 1 N–H and O–H groups in total. The number of carbonyl (C=O) groups excluding carboxylic acids is 2. The summed E-state index contributed by atoms with van der Waals surface area (Å²) in [5.41, 5.74) is 3.11. The lowest BCUT2D eigenvalue weighted by Crippen LogP contribution is -2.28. The molecule has 6 nitrogen and oxygen atoms in total. The number of anilines is 2. The molecular formula is C18H20N4O2S. The number of aromatic nitrogens is 2. The Labute approximate surface area is 150 Å². The van der Waals surface area contributed by atoms with Crippen LogP contribution in [0.1, 0.15) is 41.3 Å². The van der Waals surface area contributed by atoms with Gasteiger partial charge in [0.25, 0.3) is 0 Å². The largest absolute Gasteiger partial charge is 0.311 e. The van der Waals surface area contributed by atoms with Crippen molar-refractivity contribution >= 4 is 34.0 Å². The van der Waals surface area contributed by atoms with Gasteiger partial charge in [-0.1, -0.05) is 23.5 Å². The first-order valence-electron chi connectivity index (χ1n) is 8.54. The van der Waals surface area contributed by atoms with Crippen LogP contribution in [0.5, 0.6) is 0 Å². The molecule has 2 aromatic rings. The Morgan fingerprint density at radius 2 is 2.08 bits per heavy atom. The maximum Gasteiger partial charge on any atom is 0.231 e. The van der Waals surface area contributed by atoms with Gasteiger partial charge in [0.1, 0.15) is 5.01 Å². The Morgan fingerprint density at radius 3 is 2.84 bits per heavy atom. The van der Waals surface area contributed by atoms with Crippen LogP contribution in [0.4, 0.5) is 10.8 Å². The number of carbonyl (C=O) groups is 2. The van der Waals surface area contributed by atoms with Gasteiger partial charge in [-0.2, -0.15) is 0 Å². The molecule has 2 heterocycles. The lowest BCUT2D eigenvalue weighted by molar-refractivity contribution is -0.122. The molecule has 0 radical (unpaired) electrons. The van der Waals surface area contributed by atoms with Crippen molar-refractivity contribution in [1.82, 2.24) is 10.2 Å². The first kappa shape index (κ1) is 16.2. The highest BCUT2D eigenvalue weighted by Gasteiger charge is 2.36. The normalized spacial score (nSPS) is 20.2. The molecule has 1 unspecified atom stereocenters. The van der Waals surface area contributed by atoms with Crippen LogP contribution in [0.2, 0.25) is 0 Å². The SMILES string of the molecule is Cc1cccc(N2CC(C(=O)Nc3nnc(C4CC4)s3)CC2=O)c1C. The topological polar surface area (TPSA) is 75.2 Å². The zero-order valence-electron chi connectivity index (χ0n) is 14.3. The summed E-state index contributed by atoms with van der Waals surface area (Å²) in [4.78, 5) is 26.7. The van der Waals surface area contributed by atoms with E-state index in [2.05, 4.69) is 15.5 Å². The van der Waals surface area contributed by atoms with Gasteiger partial charge < -0.3 is 10.2 Å². The summed E-state index contributed by atoms with van der Waals surface area (Å²) in [5.74, 6) is 0.00104. The van der Waals surface area contributed by atoms with Crippen molar-refractivity contribution in [2.24, 2.45) is 5.92 Å². The Balaban J connectivity index is 1.45. The van der Waals surface area contributed by atoms with Crippen molar-refractivity contribution in [2.75, 3.05) is 16.8 Å². The van der Waals surface area contributed by atoms with Crippen molar-refractivity contribution in [2.45, 2.75) is 39.0 Å². The van der Waals surface area contributed by atoms with E-state index in [9.17, 15) is 9.59 Å². The minimum absolute atomic E-state index is 0.00946. The lowest BCUT2D eigenvalue weighted by Gasteiger charge is -2.20. The van der Waals surface area contributed by atoms with Gasteiger partial charge in [-0.3, -0.25) is 9.59 Å². The Bertz CT molecular complexity index is 843. The molecule has 1 saturated heterocycles. The monoisotopic (exact) mass is 356 g/mol. The maximum absolute atomic E-state index is 12.5. The number of amides is 2. The molecule has 0 spiro atoms.